The molecule has 20 heavy (non-hydrogen) atoms. The number of nitrogens with one attached hydrogen (secondary N) is 1. The van der Waals surface area contributed by atoms with Crippen LogP contribution in [0.5, 0.6) is 0 Å². The maximum atomic E-state index is 11.2. The van der Waals surface area contributed by atoms with Crippen LogP contribution in [0.25, 0.3) is 0 Å². The van der Waals surface area contributed by atoms with Gasteiger partial charge in [-0.15, -0.1) is 0 Å². The lowest BCUT2D eigenvalue weighted by molar-refractivity contribution is 0.0600. The predicted molar refractivity (Wildman–Crippen MR) is 77.6 cm³/mol. The summed E-state index contributed by atoms with van der Waals surface area (Å²) in [6, 6.07) is 3.55. The van der Waals surface area contributed by atoms with Crippen molar-refractivity contribution in [3.8, 4) is 0 Å². The van der Waals surface area contributed by atoms with Crippen LogP contribution < -0.4 is 5.32 Å². The van der Waals surface area contributed by atoms with E-state index in [4.69, 9.17) is 4.74 Å². The minimum Gasteiger partial charge on any atom is -0.465 e. The fraction of sp³-hybridized carbons (Fsp3) is 0.600. The molecule has 0 aliphatic rings. The van der Waals surface area contributed by atoms with E-state index in [0.29, 0.717) is 18.0 Å². The van der Waals surface area contributed by atoms with Crippen molar-refractivity contribution < 1.29 is 14.3 Å². The third-order valence-corrected chi connectivity index (χ3v) is 2.65. The van der Waals surface area contributed by atoms with Crippen molar-refractivity contribution in [2.75, 3.05) is 26.9 Å². The van der Waals surface area contributed by atoms with Crippen LogP contribution in [0.3, 0.4) is 0 Å². The molecule has 5 nitrogen and oxygen atoms in total. The van der Waals surface area contributed by atoms with Crippen molar-refractivity contribution in [2.45, 2.75) is 26.8 Å². The second kappa shape index (κ2) is 9.44. The van der Waals surface area contributed by atoms with Crippen LogP contribution >= 0.6 is 0 Å². The monoisotopic (exact) mass is 280 g/mol. The molecule has 0 amide bonds. The highest BCUT2D eigenvalue weighted by Gasteiger charge is 2.04. The van der Waals surface area contributed by atoms with Gasteiger partial charge >= 0.3 is 5.97 Å². The minimum absolute atomic E-state index is 0.362. The topological polar surface area (TPSA) is 60.5 Å². The number of hydrogen-bond donors (Lipinski definition) is 1. The highest BCUT2D eigenvalue weighted by Crippen LogP contribution is 2.02. The summed E-state index contributed by atoms with van der Waals surface area (Å²) < 4.78 is 10.1. The van der Waals surface area contributed by atoms with E-state index in [9.17, 15) is 4.79 Å². The molecule has 0 saturated carbocycles. The molecule has 0 aliphatic heterocycles. The SMILES string of the molecule is COC(=O)c1ccc(CNCCCOCC(C)C)nc1. The standard InChI is InChI=1S/C15H24N2O3/c1-12(2)11-20-8-4-7-16-10-14-6-5-13(9-17-14)15(18)19-3/h5-6,9,12,16H,4,7-8,10-11H2,1-3H3. The van der Waals surface area contributed by atoms with Gasteiger partial charge < -0.3 is 14.8 Å². The van der Waals surface area contributed by atoms with Gasteiger partial charge in [-0.25, -0.2) is 4.79 Å². The average molecular weight is 280 g/mol. The second-order valence-corrected chi connectivity index (χ2v) is 5.03. The number of aromatic nitrogens is 1. The van der Waals surface area contributed by atoms with Gasteiger partial charge in [-0.1, -0.05) is 13.8 Å². The van der Waals surface area contributed by atoms with Crippen molar-refractivity contribution in [1.29, 1.82) is 0 Å². The van der Waals surface area contributed by atoms with Crippen molar-refractivity contribution in [2.24, 2.45) is 5.92 Å². The van der Waals surface area contributed by atoms with Gasteiger partial charge in [-0.2, -0.15) is 0 Å². The van der Waals surface area contributed by atoms with Crippen LogP contribution in [0.15, 0.2) is 18.3 Å². The number of esters is 1. The molecule has 1 N–H and O–H groups in total. The van der Waals surface area contributed by atoms with Gasteiger partial charge in [0.25, 0.3) is 0 Å². The van der Waals surface area contributed by atoms with Gasteiger partial charge in [-0.05, 0) is 31.0 Å². The van der Waals surface area contributed by atoms with E-state index in [1.54, 1.807) is 6.07 Å². The number of carbonyl (C=O) groups is 1. The first-order valence-corrected chi connectivity index (χ1v) is 6.95. The molecular formula is C15H24N2O3. The van der Waals surface area contributed by atoms with Gasteiger partial charge in [-0.3, -0.25) is 4.98 Å². The zero-order valence-electron chi connectivity index (χ0n) is 12.5. The van der Waals surface area contributed by atoms with E-state index in [1.165, 1.54) is 13.3 Å². The van der Waals surface area contributed by atoms with E-state index < -0.39 is 0 Å². The quantitative estimate of drug-likeness (QED) is 0.554. The maximum Gasteiger partial charge on any atom is 0.339 e. The maximum absolute atomic E-state index is 11.2. The first-order valence-electron chi connectivity index (χ1n) is 6.95. The number of nitrogens with zero attached hydrogens (tertiary/aromatic N) is 1. The van der Waals surface area contributed by atoms with E-state index in [-0.39, 0.29) is 5.97 Å². The number of carbonyl (C=O) groups excluding carboxylic acids is 1. The summed E-state index contributed by atoms with van der Waals surface area (Å²) in [5.74, 6) is 0.222. The Labute approximate surface area is 120 Å². The summed E-state index contributed by atoms with van der Waals surface area (Å²) in [5.41, 5.74) is 1.37. The van der Waals surface area contributed by atoms with E-state index in [0.717, 1.165) is 31.9 Å². The second-order valence-electron chi connectivity index (χ2n) is 5.03. The molecule has 0 unspecified atom stereocenters. The Hall–Kier alpha value is -1.46. The van der Waals surface area contributed by atoms with Gasteiger partial charge in [0.1, 0.15) is 0 Å². The first kappa shape index (κ1) is 16.6. The van der Waals surface area contributed by atoms with Crippen LogP contribution in [-0.2, 0) is 16.0 Å². The Morgan fingerprint density at radius 3 is 2.80 bits per heavy atom. The Bertz CT molecular complexity index is 391. The lowest BCUT2D eigenvalue weighted by Gasteiger charge is -2.07. The van der Waals surface area contributed by atoms with E-state index in [2.05, 4.69) is 28.9 Å². The number of methoxy groups -OCH3 is 1. The molecule has 1 heterocycles. The summed E-state index contributed by atoms with van der Waals surface area (Å²) in [6.45, 7) is 7.45. The van der Waals surface area contributed by atoms with Crippen LogP contribution in [0.4, 0.5) is 0 Å². The van der Waals surface area contributed by atoms with Gasteiger partial charge in [0.2, 0.25) is 0 Å². The van der Waals surface area contributed by atoms with Gasteiger partial charge in [0, 0.05) is 26.0 Å². The molecular weight excluding hydrogens is 256 g/mol. The molecule has 1 aromatic rings. The molecule has 0 radical (unpaired) electrons. The van der Waals surface area contributed by atoms with Gasteiger partial charge in [0.05, 0.1) is 18.4 Å². The molecule has 0 fully saturated rings. The molecule has 0 saturated heterocycles. The van der Waals surface area contributed by atoms with Crippen LogP contribution in [0.1, 0.15) is 36.3 Å². The molecule has 112 valence electrons. The van der Waals surface area contributed by atoms with E-state index in [1.807, 2.05) is 6.07 Å². The Kier molecular flexibility index (Phi) is 7.84. The molecule has 0 aliphatic carbocycles. The van der Waals surface area contributed by atoms with Crippen LogP contribution in [0, 0.1) is 5.92 Å². The fourth-order valence-electron chi connectivity index (χ4n) is 1.60. The summed E-state index contributed by atoms with van der Waals surface area (Å²) in [5, 5.41) is 3.29. The lowest BCUT2D eigenvalue weighted by Crippen LogP contribution is -2.17. The molecule has 0 bridgehead atoms. The number of ether oxygens (including phenoxy) is 2. The number of pyridine rings is 1. The smallest absolute Gasteiger partial charge is 0.339 e. The van der Waals surface area contributed by atoms with Crippen molar-refractivity contribution in [3.05, 3.63) is 29.6 Å². The largest absolute Gasteiger partial charge is 0.465 e. The van der Waals surface area contributed by atoms with Crippen LogP contribution in [0.2, 0.25) is 0 Å². The third-order valence-electron chi connectivity index (χ3n) is 2.65. The molecule has 0 spiro atoms. The summed E-state index contributed by atoms with van der Waals surface area (Å²) in [7, 11) is 1.36. The van der Waals surface area contributed by atoms with Crippen LogP contribution in [-0.4, -0.2) is 37.8 Å². The third kappa shape index (κ3) is 6.63. The van der Waals surface area contributed by atoms with Crippen molar-refractivity contribution >= 4 is 5.97 Å². The molecule has 0 aromatic carbocycles. The van der Waals surface area contributed by atoms with E-state index >= 15 is 0 Å². The number of hydrogen-bond acceptors (Lipinski definition) is 5. The Balaban J connectivity index is 2.14. The molecule has 0 atom stereocenters. The van der Waals surface area contributed by atoms with Crippen molar-refractivity contribution in [3.63, 3.8) is 0 Å². The number of rotatable bonds is 9. The normalized spacial score (nSPS) is 10.8. The first-order chi connectivity index (χ1) is 9.63. The molecule has 1 aromatic heterocycles. The Morgan fingerprint density at radius 2 is 2.20 bits per heavy atom. The summed E-state index contributed by atoms with van der Waals surface area (Å²) in [6.07, 6.45) is 2.52. The molecule has 1 rings (SSSR count). The van der Waals surface area contributed by atoms with Gasteiger partial charge in [0.15, 0.2) is 0 Å². The lowest BCUT2D eigenvalue weighted by atomic mass is 10.2. The zero-order chi connectivity index (χ0) is 14.8. The minimum atomic E-state index is -0.362. The summed E-state index contributed by atoms with van der Waals surface area (Å²) >= 11 is 0. The highest BCUT2D eigenvalue weighted by molar-refractivity contribution is 5.88. The Morgan fingerprint density at radius 1 is 1.40 bits per heavy atom. The zero-order valence-corrected chi connectivity index (χ0v) is 12.5. The van der Waals surface area contributed by atoms with Crippen molar-refractivity contribution in [1.82, 2.24) is 10.3 Å². The predicted octanol–water partition coefficient (Wildman–Crippen LogP) is 2.02. The summed E-state index contributed by atoms with van der Waals surface area (Å²) in [4.78, 5) is 15.5. The molecule has 5 heteroatoms. The average Bonchev–Trinajstić information content (AvgIpc) is 2.45. The highest BCUT2D eigenvalue weighted by atomic mass is 16.5. The fourth-order valence-corrected chi connectivity index (χ4v) is 1.60.